The zero-order valence-corrected chi connectivity index (χ0v) is 16.5. The molecule has 0 radical (unpaired) electrons. The molecule has 0 fully saturated rings. The Labute approximate surface area is 160 Å². The Morgan fingerprint density at radius 1 is 1.15 bits per heavy atom. The van der Waals surface area contributed by atoms with Gasteiger partial charge >= 0.3 is 0 Å². The van der Waals surface area contributed by atoms with Gasteiger partial charge in [-0.05, 0) is 18.2 Å². The van der Waals surface area contributed by atoms with Crippen molar-refractivity contribution in [2.24, 2.45) is 0 Å². The molecule has 3 aromatic rings. The Hall–Kier alpha value is -2.10. The number of ether oxygens (including phenoxy) is 3. The normalized spacial score (nSPS) is 10.9. The fourth-order valence-electron chi connectivity index (χ4n) is 2.31. The van der Waals surface area contributed by atoms with Gasteiger partial charge in [0.05, 0.1) is 26.5 Å². The molecule has 0 amide bonds. The minimum atomic E-state index is 0.631. The third kappa shape index (κ3) is 4.35. The second-order valence-electron chi connectivity index (χ2n) is 5.30. The number of aromatic nitrogens is 4. The SMILES string of the molecule is COCCn1cnnc1SCc1csc(-c2ccc(OC)c(OC)c2)n1. The Morgan fingerprint density at radius 2 is 2.00 bits per heavy atom. The molecule has 26 heavy (non-hydrogen) atoms. The largest absolute Gasteiger partial charge is 0.493 e. The summed E-state index contributed by atoms with van der Waals surface area (Å²) in [6.45, 7) is 1.37. The van der Waals surface area contributed by atoms with Crippen molar-refractivity contribution in [3.05, 3.63) is 35.6 Å². The Morgan fingerprint density at radius 3 is 2.77 bits per heavy atom. The van der Waals surface area contributed by atoms with Crippen molar-refractivity contribution < 1.29 is 14.2 Å². The lowest BCUT2D eigenvalue weighted by atomic mass is 10.2. The van der Waals surface area contributed by atoms with Crippen molar-refractivity contribution in [2.45, 2.75) is 17.5 Å². The van der Waals surface area contributed by atoms with Crippen LogP contribution in [-0.2, 0) is 17.0 Å². The second kappa shape index (κ2) is 9.02. The first kappa shape index (κ1) is 18.7. The van der Waals surface area contributed by atoms with Crippen LogP contribution in [0.15, 0.2) is 35.1 Å². The van der Waals surface area contributed by atoms with Gasteiger partial charge in [0.15, 0.2) is 16.7 Å². The first-order chi connectivity index (χ1) is 12.7. The van der Waals surface area contributed by atoms with Crippen LogP contribution in [0.25, 0.3) is 10.6 Å². The monoisotopic (exact) mass is 392 g/mol. The van der Waals surface area contributed by atoms with Crippen LogP contribution in [0, 0.1) is 0 Å². The third-order valence-corrected chi connectivity index (χ3v) is 5.60. The summed E-state index contributed by atoms with van der Waals surface area (Å²) < 4.78 is 17.7. The van der Waals surface area contributed by atoms with Gasteiger partial charge < -0.3 is 18.8 Å². The van der Waals surface area contributed by atoms with Gasteiger partial charge in [-0.1, -0.05) is 11.8 Å². The topological polar surface area (TPSA) is 71.3 Å². The van der Waals surface area contributed by atoms with Gasteiger partial charge in [0.25, 0.3) is 0 Å². The smallest absolute Gasteiger partial charge is 0.191 e. The molecule has 1 aromatic carbocycles. The van der Waals surface area contributed by atoms with Crippen LogP contribution < -0.4 is 9.47 Å². The van der Waals surface area contributed by atoms with Crippen molar-refractivity contribution in [3.63, 3.8) is 0 Å². The zero-order valence-electron chi connectivity index (χ0n) is 14.8. The van der Waals surface area contributed by atoms with Crippen LogP contribution in [-0.4, -0.2) is 47.7 Å². The van der Waals surface area contributed by atoms with Crippen LogP contribution in [0.5, 0.6) is 11.5 Å². The summed E-state index contributed by atoms with van der Waals surface area (Å²) in [5.41, 5.74) is 2.01. The summed E-state index contributed by atoms with van der Waals surface area (Å²) in [7, 11) is 4.94. The van der Waals surface area contributed by atoms with Crippen LogP contribution in [0.4, 0.5) is 0 Å². The number of thioether (sulfide) groups is 1. The summed E-state index contributed by atoms with van der Waals surface area (Å²) in [6, 6.07) is 5.82. The minimum absolute atomic E-state index is 0.631. The highest BCUT2D eigenvalue weighted by Gasteiger charge is 2.11. The minimum Gasteiger partial charge on any atom is -0.493 e. The number of nitrogens with zero attached hydrogens (tertiary/aromatic N) is 4. The molecular formula is C17H20N4O3S2. The molecule has 0 unspecified atom stereocenters. The summed E-state index contributed by atoms with van der Waals surface area (Å²) in [5.74, 6) is 2.14. The van der Waals surface area contributed by atoms with E-state index < -0.39 is 0 Å². The van der Waals surface area contributed by atoms with Gasteiger partial charge in [-0.3, -0.25) is 0 Å². The maximum atomic E-state index is 5.37. The fourth-order valence-corrected chi connectivity index (χ4v) is 4.07. The molecule has 0 saturated carbocycles. The second-order valence-corrected chi connectivity index (χ2v) is 7.10. The molecule has 0 bridgehead atoms. The van der Waals surface area contributed by atoms with Gasteiger partial charge in [0.2, 0.25) is 0 Å². The molecule has 138 valence electrons. The molecule has 9 heteroatoms. The highest BCUT2D eigenvalue weighted by atomic mass is 32.2. The van der Waals surface area contributed by atoms with Gasteiger partial charge in [-0.25, -0.2) is 4.98 Å². The van der Waals surface area contributed by atoms with E-state index in [9.17, 15) is 0 Å². The first-order valence-corrected chi connectivity index (χ1v) is 9.78. The quantitative estimate of drug-likeness (QED) is 0.517. The van der Waals surface area contributed by atoms with Crippen LogP contribution in [0.1, 0.15) is 5.69 Å². The van der Waals surface area contributed by atoms with Crippen molar-refractivity contribution in [1.82, 2.24) is 19.7 Å². The summed E-state index contributed by atoms with van der Waals surface area (Å²) in [6.07, 6.45) is 1.72. The summed E-state index contributed by atoms with van der Waals surface area (Å²) in [5, 5.41) is 12.0. The molecule has 0 aliphatic heterocycles. The first-order valence-electron chi connectivity index (χ1n) is 7.91. The van der Waals surface area contributed by atoms with Crippen molar-refractivity contribution in [2.75, 3.05) is 27.9 Å². The number of hydrogen-bond donors (Lipinski definition) is 0. The van der Waals surface area contributed by atoms with Crippen molar-refractivity contribution in [3.8, 4) is 22.1 Å². The molecule has 3 rings (SSSR count). The highest BCUT2D eigenvalue weighted by molar-refractivity contribution is 7.98. The number of methoxy groups -OCH3 is 3. The standard InChI is InChI=1S/C17H20N4O3S2/c1-22-7-6-21-11-18-20-17(21)26-10-13-9-25-16(19-13)12-4-5-14(23-2)15(8-12)24-3/h4-5,8-9,11H,6-7,10H2,1-3H3. The molecule has 0 N–H and O–H groups in total. The Bertz CT molecular complexity index is 850. The van der Waals surface area contributed by atoms with Gasteiger partial charge in [-0.2, -0.15) is 0 Å². The number of benzene rings is 1. The molecule has 0 atom stereocenters. The predicted molar refractivity (Wildman–Crippen MR) is 102 cm³/mol. The molecule has 0 saturated heterocycles. The predicted octanol–water partition coefficient (Wildman–Crippen LogP) is 3.36. The molecule has 2 aromatic heterocycles. The van der Waals surface area contributed by atoms with E-state index in [1.54, 1.807) is 50.8 Å². The Kier molecular flexibility index (Phi) is 6.48. The lowest BCUT2D eigenvalue weighted by molar-refractivity contribution is 0.184. The summed E-state index contributed by atoms with van der Waals surface area (Å²) in [4.78, 5) is 4.72. The average Bonchev–Trinajstić information content (AvgIpc) is 3.33. The lowest BCUT2D eigenvalue weighted by Crippen LogP contribution is -2.04. The molecular weight excluding hydrogens is 372 g/mol. The van der Waals surface area contributed by atoms with E-state index in [1.807, 2.05) is 22.8 Å². The maximum Gasteiger partial charge on any atom is 0.191 e. The van der Waals surface area contributed by atoms with Crippen molar-refractivity contribution >= 4 is 23.1 Å². The van der Waals surface area contributed by atoms with E-state index in [0.717, 1.165) is 33.7 Å². The van der Waals surface area contributed by atoms with E-state index >= 15 is 0 Å². The number of thiazole rings is 1. The van der Waals surface area contributed by atoms with E-state index in [4.69, 9.17) is 19.2 Å². The molecule has 0 aliphatic carbocycles. The van der Waals surface area contributed by atoms with E-state index in [0.29, 0.717) is 18.1 Å². The van der Waals surface area contributed by atoms with E-state index in [1.165, 1.54) is 0 Å². The van der Waals surface area contributed by atoms with Gasteiger partial charge in [0.1, 0.15) is 11.3 Å². The van der Waals surface area contributed by atoms with E-state index in [-0.39, 0.29) is 0 Å². The number of hydrogen-bond acceptors (Lipinski definition) is 8. The van der Waals surface area contributed by atoms with Gasteiger partial charge in [-0.15, -0.1) is 21.5 Å². The number of rotatable bonds is 9. The lowest BCUT2D eigenvalue weighted by Gasteiger charge is -2.08. The molecule has 0 aliphatic rings. The van der Waals surface area contributed by atoms with Crippen LogP contribution >= 0.6 is 23.1 Å². The fraction of sp³-hybridized carbons (Fsp3) is 0.353. The van der Waals surface area contributed by atoms with Crippen LogP contribution in [0.3, 0.4) is 0 Å². The van der Waals surface area contributed by atoms with Crippen molar-refractivity contribution in [1.29, 1.82) is 0 Å². The zero-order chi connectivity index (χ0) is 18.4. The van der Waals surface area contributed by atoms with Crippen LogP contribution in [0.2, 0.25) is 0 Å². The average molecular weight is 393 g/mol. The van der Waals surface area contributed by atoms with E-state index in [2.05, 4.69) is 15.6 Å². The maximum absolute atomic E-state index is 5.37. The molecule has 0 spiro atoms. The highest BCUT2D eigenvalue weighted by Crippen LogP contribution is 2.34. The van der Waals surface area contributed by atoms with Gasteiger partial charge in [0, 0.05) is 30.4 Å². The molecule has 2 heterocycles. The molecule has 7 nitrogen and oxygen atoms in total. The Balaban J connectivity index is 1.68. The third-order valence-electron chi connectivity index (χ3n) is 3.65. The summed E-state index contributed by atoms with van der Waals surface area (Å²) >= 11 is 3.22.